The first kappa shape index (κ1) is 11.8. The van der Waals surface area contributed by atoms with E-state index in [1.165, 1.54) is 0 Å². The molecule has 1 aromatic heterocycles. The second-order valence-electron chi connectivity index (χ2n) is 3.76. The Labute approximate surface area is 105 Å². The van der Waals surface area contributed by atoms with Crippen LogP contribution < -0.4 is 0 Å². The Morgan fingerprint density at radius 3 is 2.65 bits per heavy atom. The van der Waals surface area contributed by atoms with E-state index >= 15 is 0 Å². The topological polar surface area (TPSA) is 30.0 Å². The summed E-state index contributed by atoms with van der Waals surface area (Å²) in [7, 11) is 0. The van der Waals surface area contributed by atoms with Gasteiger partial charge < -0.3 is 0 Å². The lowest BCUT2D eigenvalue weighted by Gasteiger charge is -2.03. The highest BCUT2D eigenvalue weighted by atomic mass is 35.5. The maximum absolute atomic E-state index is 11.9. The average Bonchev–Trinajstić information content (AvgIpc) is 2.38. The first-order valence-corrected chi connectivity index (χ1v) is 5.82. The van der Waals surface area contributed by atoms with E-state index in [0.717, 1.165) is 11.1 Å². The van der Waals surface area contributed by atoms with Crippen LogP contribution in [0.5, 0.6) is 0 Å². The molecule has 0 unspecified atom stereocenters. The summed E-state index contributed by atoms with van der Waals surface area (Å²) >= 11 is 5.98. The average molecular weight is 246 g/mol. The van der Waals surface area contributed by atoms with Gasteiger partial charge in [-0.25, -0.2) is 0 Å². The third-order valence-corrected chi connectivity index (χ3v) is 2.91. The Hall–Kier alpha value is -1.67. The van der Waals surface area contributed by atoms with Gasteiger partial charge in [0.05, 0.1) is 5.02 Å². The monoisotopic (exact) mass is 245 g/mol. The lowest BCUT2D eigenvalue weighted by atomic mass is 10.0. The molecule has 0 N–H and O–H groups in total. The second kappa shape index (κ2) is 5.60. The summed E-state index contributed by atoms with van der Waals surface area (Å²) in [5, 5.41) is 0.619. The first-order valence-electron chi connectivity index (χ1n) is 5.44. The van der Waals surface area contributed by atoms with E-state index in [2.05, 4.69) is 4.98 Å². The number of halogens is 1. The van der Waals surface area contributed by atoms with Crippen molar-refractivity contribution < 1.29 is 4.79 Å². The van der Waals surface area contributed by atoms with Gasteiger partial charge in [-0.3, -0.25) is 9.78 Å². The summed E-state index contributed by atoms with van der Waals surface area (Å²) in [4.78, 5) is 15.8. The minimum atomic E-state index is 0.137. The zero-order valence-electron chi connectivity index (χ0n) is 9.27. The molecule has 2 nitrogen and oxygen atoms in total. The van der Waals surface area contributed by atoms with Crippen LogP contribution in [0.25, 0.3) is 0 Å². The van der Waals surface area contributed by atoms with Gasteiger partial charge in [0.2, 0.25) is 0 Å². The third kappa shape index (κ3) is 3.14. The van der Waals surface area contributed by atoms with Crippen LogP contribution >= 0.6 is 11.6 Å². The number of aryl methyl sites for hydroxylation is 1. The summed E-state index contributed by atoms with van der Waals surface area (Å²) in [5.74, 6) is 0.137. The third-order valence-electron chi connectivity index (χ3n) is 2.57. The van der Waals surface area contributed by atoms with E-state index in [1.54, 1.807) is 12.4 Å². The molecular weight excluding hydrogens is 234 g/mol. The van der Waals surface area contributed by atoms with Gasteiger partial charge in [0.15, 0.2) is 5.78 Å². The van der Waals surface area contributed by atoms with Crippen molar-refractivity contribution in [1.82, 2.24) is 4.98 Å². The Morgan fingerprint density at radius 1 is 1.18 bits per heavy atom. The van der Waals surface area contributed by atoms with Gasteiger partial charge in [-0.2, -0.15) is 0 Å². The zero-order chi connectivity index (χ0) is 12.1. The molecule has 0 fully saturated rings. The van der Waals surface area contributed by atoms with Crippen molar-refractivity contribution in [2.45, 2.75) is 12.8 Å². The fraction of sp³-hybridized carbons (Fsp3) is 0.143. The molecule has 0 saturated carbocycles. The molecular formula is C14H12ClNO. The quantitative estimate of drug-likeness (QED) is 0.771. The number of benzene rings is 1. The molecule has 0 aliphatic rings. The molecule has 0 amide bonds. The zero-order valence-corrected chi connectivity index (χ0v) is 10.0. The van der Waals surface area contributed by atoms with Gasteiger partial charge in [-0.05, 0) is 18.1 Å². The molecule has 0 saturated heterocycles. The Balaban J connectivity index is 2.00. The van der Waals surface area contributed by atoms with Crippen LogP contribution in [0.1, 0.15) is 22.3 Å². The predicted octanol–water partition coefficient (Wildman–Crippen LogP) is 3.55. The van der Waals surface area contributed by atoms with Crippen LogP contribution in [0.15, 0.2) is 48.8 Å². The number of aromatic nitrogens is 1. The van der Waals surface area contributed by atoms with Crippen molar-refractivity contribution in [1.29, 1.82) is 0 Å². The molecule has 1 heterocycles. The highest BCUT2D eigenvalue weighted by molar-refractivity contribution is 6.31. The number of rotatable bonds is 4. The van der Waals surface area contributed by atoms with Gasteiger partial charge in [0, 0.05) is 24.4 Å². The largest absolute Gasteiger partial charge is 0.294 e. The van der Waals surface area contributed by atoms with Crippen molar-refractivity contribution in [3.05, 3.63) is 64.9 Å². The smallest absolute Gasteiger partial charge is 0.163 e. The molecule has 17 heavy (non-hydrogen) atoms. The van der Waals surface area contributed by atoms with Crippen LogP contribution in [0.4, 0.5) is 0 Å². The highest BCUT2D eigenvalue weighted by Gasteiger charge is 2.07. The second-order valence-corrected chi connectivity index (χ2v) is 4.16. The number of Topliss-reactive ketones (excluding diaryl/α,β-unsaturated/α-hetero) is 1. The first-order chi connectivity index (χ1) is 8.27. The molecule has 3 heteroatoms. The fourth-order valence-corrected chi connectivity index (χ4v) is 1.84. The predicted molar refractivity (Wildman–Crippen MR) is 68.3 cm³/mol. The number of pyridine rings is 1. The van der Waals surface area contributed by atoms with Crippen molar-refractivity contribution in [3.63, 3.8) is 0 Å². The minimum Gasteiger partial charge on any atom is -0.294 e. The lowest BCUT2D eigenvalue weighted by Crippen LogP contribution is -2.01. The van der Waals surface area contributed by atoms with Crippen molar-refractivity contribution in [2.24, 2.45) is 0 Å². The van der Waals surface area contributed by atoms with Gasteiger partial charge >= 0.3 is 0 Å². The minimum absolute atomic E-state index is 0.137. The van der Waals surface area contributed by atoms with E-state index in [0.29, 0.717) is 17.9 Å². The highest BCUT2D eigenvalue weighted by Crippen LogP contribution is 2.16. The molecule has 0 aliphatic heterocycles. The van der Waals surface area contributed by atoms with Gasteiger partial charge in [-0.1, -0.05) is 41.9 Å². The van der Waals surface area contributed by atoms with Crippen LogP contribution in [0.3, 0.4) is 0 Å². The van der Waals surface area contributed by atoms with Crippen molar-refractivity contribution in [2.75, 3.05) is 0 Å². The van der Waals surface area contributed by atoms with Crippen LogP contribution in [0.2, 0.25) is 5.02 Å². The number of hydrogen-bond acceptors (Lipinski definition) is 2. The van der Waals surface area contributed by atoms with E-state index < -0.39 is 0 Å². The van der Waals surface area contributed by atoms with Crippen molar-refractivity contribution in [3.8, 4) is 0 Å². The van der Waals surface area contributed by atoms with Gasteiger partial charge in [-0.15, -0.1) is 0 Å². The van der Waals surface area contributed by atoms with Gasteiger partial charge in [0.1, 0.15) is 0 Å². The molecule has 0 spiro atoms. The van der Waals surface area contributed by atoms with Crippen LogP contribution in [-0.4, -0.2) is 10.8 Å². The normalized spacial score (nSPS) is 10.2. The molecule has 0 radical (unpaired) electrons. The van der Waals surface area contributed by atoms with E-state index in [9.17, 15) is 4.79 Å². The molecule has 0 bridgehead atoms. The molecule has 0 aliphatic carbocycles. The van der Waals surface area contributed by atoms with E-state index in [-0.39, 0.29) is 5.78 Å². The molecule has 86 valence electrons. The number of carbonyl (C=O) groups is 1. The Morgan fingerprint density at radius 2 is 1.94 bits per heavy atom. The maximum Gasteiger partial charge on any atom is 0.163 e. The van der Waals surface area contributed by atoms with Gasteiger partial charge in [0.25, 0.3) is 0 Å². The molecule has 2 rings (SSSR count). The summed E-state index contributed by atoms with van der Waals surface area (Å²) < 4.78 is 0. The fourth-order valence-electron chi connectivity index (χ4n) is 1.62. The van der Waals surface area contributed by atoms with Crippen molar-refractivity contribution >= 4 is 17.4 Å². The SMILES string of the molecule is O=C(CCc1ccncc1Cl)c1ccccc1. The summed E-state index contributed by atoms with van der Waals surface area (Å²) in [6, 6.07) is 11.1. The number of hydrogen-bond donors (Lipinski definition) is 0. The van der Waals surface area contributed by atoms with Crippen LogP contribution in [0, 0.1) is 0 Å². The molecule has 1 aromatic carbocycles. The lowest BCUT2D eigenvalue weighted by molar-refractivity contribution is 0.0983. The maximum atomic E-state index is 11.9. The number of ketones is 1. The Kier molecular flexibility index (Phi) is 3.89. The summed E-state index contributed by atoms with van der Waals surface area (Å²) in [6.07, 6.45) is 4.40. The Bertz CT molecular complexity index is 511. The van der Waals surface area contributed by atoms with E-state index in [4.69, 9.17) is 11.6 Å². The summed E-state index contributed by atoms with van der Waals surface area (Å²) in [6.45, 7) is 0. The molecule has 0 atom stereocenters. The van der Waals surface area contributed by atoms with E-state index in [1.807, 2.05) is 36.4 Å². The molecule has 2 aromatic rings. The van der Waals surface area contributed by atoms with Crippen LogP contribution in [-0.2, 0) is 6.42 Å². The number of nitrogens with zero attached hydrogens (tertiary/aromatic N) is 1. The summed E-state index contributed by atoms with van der Waals surface area (Å²) in [5.41, 5.74) is 1.71. The standard InChI is InChI=1S/C14H12ClNO/c15-13-10-16-9-8-11(13)6-7-14(17)12-4-2-1-3-5-12/h1-5,8-10H,6-7H2. The number of carbonyl (C=O) groups excluding carboxylic acids is 1.